The summed E-state index contributed by atoms with van der Waals surface area (Å²) in [6.45, 7) is 0. The summed E-state index contributed by atoms with van der Waals surface area (Å²) < 4.78 is 2.39. The van der Waals surface area contributed by atoms with E-state index in [1.54, 1.807) is 0 Å². The van der Waals surface area contributed by atoms with Gasteiger partial charge in [-0.25, -0.2) is 0 Å². The molecular weight excluding hydrogens is 839 g/mol. The molecule has 0 radical (unpaired) electrons. The molecule has 6 heteroatoms. The Morgan fingerprint density at radius 3 is 1.31 bits per heavy atom. The minimum atomic E-state index is -2.58. The van der Waals surface area contributed by atoms with E-state index in [0.717, 1.165) is 0 Å². The Labute approximate surface area is 273 Å². The molecule has 1 heterocycles. The predicted octanol–water partition coefficient (Wildman–Crippen LogP) is 9.29. The number of hydrogen-bond acceptors (Lipinski definition) is 0. The molecule has 0 amide bonds. The maximum absolute atomic E-state index is 3.29. The Bertz CT molecular complexity index is 1810. The van der Waals surface area contributed by atoms with Gasteiger partial charge < -0.3 is 0 Å². The molecule has 1 nitrogen and oxygen atoms in total. The number of hydrogen-bond donors (Lipinski definition) is 0. The predicted molar refractivity (Wildman–Crippen MR) is 199 cm³/mol. The van der Waals surface area contributed by atoms with Crippen LogP contribution in [0.15, 0.2) is 164 Å². The van der Waals surface area contributed by atoms with Gasteiger partial charge in [-0.1, -0.05) is 0 Å². The van der Waals surface area contributed by atoms with E-state index in [9.17, 15) is 0 Å². The molecule has 0 aliphatic rings. The van der Waals surface area contributed by atoms with Crippen molar-refractivity contribution in [2.24, 2.45) is 0 Å². The van der Waals surface area contributed by atoms with E-state index >= 15 is 0 Å². The average molecular weight is 867 g/mol. The molecule has 0 fully saturated rings. The molecule has 0 aliphatic carbocycles. The summed E-state index contributed by atoms with van der Waals surface area (Å²) in [5.41, 5.74) is 3.65. The summed E-state index contributed by atoms with van der Waals surface area (Å²) in [6, 6.07) is 60.1. The summed E-state index contributed by atoms with van der Waals surface area (Å²) in [7, 11) is -2.58. The van der Waals surface area contributed by atoms with Crippen molar-refractivity contribution in [2.45, 2.75) is 0 Å². The van der Waals surface area contributed by atoms with Gasteiger partial charge in [-0.15, -0.1) is 0 Å². The van der Waals surface area contributed by atoms with Crippen LogP contribution in [0.5, 0.6) is 0 Å². The number of nitrogens with zero attached hydrogens (tertiary/aromatic N) is 1. The van der Waals surface area contributed by atoms with Gasteiger partial charge in [0, 0.05) is 0 Å². The monoisotopic (exact) mass is 863 g/mol. The summed E-state index contributed by atoms with van der Waals surface area (Å²) in [5, 5.41) is 8.15. The number of rotatable bonds is 5. The Hall–Kier alpha value is -2.19. The molecule has 7 aromatic rings. The fraction of sp³-hybridized carbons (Fsp3) is 0. The van der Waals surface area contributed by atoms with Crippen LogP contribution in [0.25, 0.3) is 27.5 Å². The van der Waals surface area contributed by atoms with Crippen LogP contribution in [0, 0.1) is 0 Å². The zero-order valence-corrected chi connectivity index (χ0v) is 30.9. The van der Waals surface area contributed by atoms with E-state index in [1.807, 2.05) is 0 Å². The summed E-state index contributed by atoms with van der Waals surface area (Å²) in [4.78, 5) is 0. The van der Waals surface area contributed by atoms with Gasteiger partial charge in [0.05, 0.1) is 0 Å². The maximum atomic E-state index is 3.29. The van der Waals surface area contributed by atoms with Gasteiger partial charge in [-0.2, -0.15) is 0 Å². The first-order chi connectivity index (χ1) is 20.6. The van der Waals surface area contributed by atoms with Crippen LogP contribution < -0.4 is 21.2 Å². The van der Waals surface area contributed by atoms with Gasteiger partial charge in [-0.3, -0.25) is 0 Å². The summed E-state index contributed by atoms with van der Waals surface area (Å²) in [5.74, 6) is 0. The van der Waals surface area contributed by atoms with Crippen LogP contribution in [0.4, 0.5) is 0 Å². The second kappa shape index (κ2) is 13.6. The second-order valence-electron chi connectivity index (χ2n) is 9.96. The van der Waals surface area contributed by atoms with Crippen LogP contribution in [0.1, 0.15) is 0 Å². The van der Waals surface area contributed by atoms with Crippen LogP contribution in [0.3, 0.4) is 0 Å². The zero-order valence-electron chi connectivity index (χ0n) is 22.6. The van der Waals surface area contributed by atoms with Crippen molar-refractivity contribution in [1.82, 2.24) is 4.57 Å². The fourth-order valence-corrected chi connectivity index (χ4v) is 10.9. The number of halogens is 3. The van der Waals surface area contributed by atoms with Crippen molar-refractivity contribution in [3.05, 3.63) is 164 Å². The molecule has 6 aromatic carbocycles. The van der Waals surface area contributed by atoms with E-state index in [4.69, 9.17) is 0 Å². The third-order valence-electron chi connectivity index (χ3n) is 7.74. The van der Waals surface area contributed by atoms with Crippen LogP contribution in [-0.4, -0.2) is 18.0 Å². The molecule has 0 unspecified atom stereocenters. The third-order valence-corrected chi connectivity index (χ3v) is 12.5. The number of aromatic nitrogens is 1. The van der Waals surface area contributed by atoms with Gasteiger partial charge in [-0.05, 0) is 0 Å². The van der Waals surface area contributed by atoms with Crippen LogP contribution in [0.2, 0.25) is 0 Å². The molecule has 1 aromatic heterocycles. The number of para-hydroxylation sites is 2. The summed E-state index contributed by atoms with van der Waals surface area (Å²) in [6.07, 6.45) is 0. The second-order valence-corrected chi connectivity index (χ2v) is 48.3. The molecule has 42 heavy (non-hydrogen) atoms. The van der Waals surface area contributed by atoms with E-state index in [1.165, 1.54) is 48.7 Å². The molecular formula is C36H28Br3NPSb. The van der Waals surface area contributed by atoms with E-state index in [-0.39, 0.29) is 0 Å². The zero-order chi connectivity index (χ0) is 28.9. The standard InChI is InChI=1S/C36H28NP.3BrH.Sb/c1-5-15-28(16-6-1)37-35-24-14-13-23-33(35)34-27-32(25-26-36(34)37)38(29-17-7-2-8-18-29,30-19-9-3-10-20-30)31-21-11-4-12-22-31;;;;/h1-27,38H;3*1H;/q;;;;+3/p-3. The quantitative estimate of drug-likeness (QED) is 0.120. The van der Waals surface area contributed by atoms with E-state index in [0.29, 0.717) is 0 Å². The first kappa shape index (κ1) is 29.9. The molecule has 0 aliphatic heterocycles. The van der Waals surface area contributed by atoms with Gasteiger partial charge in [0.15, 0.2) is 0 Å². The van der Waals surface area contributed by atoms with Crippen LogP contribution >= 0.6 is 45.0 Å². The molecule has 0 saturated heterocycles. The SMILES string of the molecule is [Br][Sb]([Br])[Br].c1ccc(-n2c3ccccc3c3cc([PH](c4ccccc4)(c4ccccc4)c4ccccc4)ccc32)cc1. The Morgan fingerprint density at radius 1 is 0.405 bits per heavy atom. The first-order valence-corrected chi connectivity index (χ1v) is 32.8. The third kappa shape index (κ3) is 5.82. The molecule has 0 N–H and O–H groups in total. The molecule has 0 spiro atoms. The molecule has 0 atom stereocenters. The van der Waals surface area contributed by atoms with Gasteiger partial charge in [0.25, 0.3) is 0 Å². The molecule has 208 valence electrons. The normalized spacial score (nSPS) is 11.8. The van der Waals surface area contributed by atoms with E-state index < -0.39 is 20.7 Å². The van der Waals surface area contributed by atoms with Crippen molar-refractivity contribution in [3.8, 4) is 5.69 Å². The van der Waals surface area contributed by atoms with Crippen molar-refractivity contribution in [3.63, 3.8) is 0 Å². The summed E-state index contributed by atoms with van der Waals surface area (Å²) >= 11 is 8.85. The molecule has 0 saturated carbocycles. The molecule has 7 rings (SSSR count). The average Bonchev–Trinajstić information content (AvgIpc) is 3.37. The van der Waals surface area contributed by atoms with Crippen LogP contribution in [-0.2, 0) is 0 Å². The first-order valence-electron chi connectivity index (χ1n) is 13.6. The minimum absolute atomic E-state index is 1.01. The van der Waals surface area contributed by atoms with Gasteiger partial charge >= 0.3 is 276 Å². The molecule has 0 bridgehead atoms. The Kier molecular flexibility index (Phi) is 9.69. The number of fused-ring (bicyclic) bond motifs is 3. The topological polar surface area (TPSA) is 4.93 Å². The van der Waals surface area contributed by atoms with Crippen molar-refractivity contribution < 1.29 is 0 Å². The Morgan fingerprint density at radius 2 is 0.810 bits per heavy atom. The fourth-order valence-electron chi connectivity index (χ4n) is 6.13. The van der Waals surface area contributed by atoms with E-state index in [2.05, 4.69) is 206 Å². The van der Waals surface area contributed by atoms with Gasteiger partial charge in [0.2, 0.25) is 0 Å². The van der Waals surface area contributed by atoms with Crippen molar-refractivity contribution in [1.29, 1.82) is 0 Å². The Balaban J connectivity index is 0.000000744. The van der Waals surface area contributed by atoms with Crippen molar-refractivity contribution >= 4 is 102 Å². The van der Waals surface area contributed by atoms with Crippen molar-refractivity contribution in [2.75, 3.05) is 0 Å². The van der Waals surface area contributed by atoms with Gasteiger partial charge in [0.1, 0.15) is 0 Å². The number of benzene rings is 6.